The summed E-state index contributed by atoms with van der Waals surface area (Å²) in [6.45, 7) is 0. The van der Waals surface area contributed by atoms with E-state index < -0.39 is 15.6 Å². The predicted octanol–water partition coefficient (Wildman–Crippen LogP) is 1.62. The Labute approximate surface area is 122 Å². The summed E-state index contributed by atoms with van der Waals surface area (Å²) in [7, 11) is -4.18. The fraction of sp³-hybridized carbons (Fsp3) is 0.182. The summed E-state index contributed by atoms with van der Waals surface area (Å²) < 4.78 is 60.8. The highest BCUT2D eigenvalue weighted by Crippen LogP contribution is 2.20. The van der Waals surface area contributed by atoms with Crippen LogP contribution in [0.4, 0.5) is 18.9 Å². The van der Waals surface area contributed by atoms with Crippen molar-refractivity contribution in [2.45, 2.75) is 5.51 Å². The second-order valence-electron chi connectivity index (χ2n) is 4.02. The molecular weight excluding hydrogens is 329 g/mol. The topological polar surface area (TPSA) is 104 Å². The Morgan fingerprint density at radius 1 is 1.23 bits per heavy atom. The molecule has 0 atom stereocenters. The zero-order valence-electron chi connectivity index (χ0n) is 10.9. The van der Waals surface area contributed by atoms with Crippen LogP contribution in [0.15, 0.2) is 36.5 Å². The van der Waals surface area contributed by atoms with E-state index in [-0.39, 0.29) is 10.6 Å². The highest BCUT2D eigenvalue weighted by molar-refractivity contribution is 7.86. The lowest BCUT2D eigenvalue weighted by atomic mass is 10.2. The number of aromatic nitrogens is 1. The highest BCUT2D eigenvalue weighted by atomic mass is 32.2. The minimum absolute atomic E-state index is 0.128. The first-order chi connectivity index (χ1) is 9.93. The van der Waals surface area contributed by atoms with Gasteiger partial charge in [-0.3, -0.25) is 10.1 Å². The van der Waals surface area contributed by atoms with Crippen LogP contribution in [0.3, 0.4) is 0 Å². The number of nitrogens with zero attached hydrogens (tertiary/aromatic N) is 2. The van der Waals surface area contributed by atoms with Crippen LogP contribution in [0.1, 0.15) is 0 Å². The molecule has 11 heteroatoms. The van der Waals surface area contributed by atoms with Crippen LogP contribution in [0.2, 0.25) is 0 Å². The van der Waals surface area contributed by atoms with Crippen LogP contribution >= 0.6 is 0 Å². The number of pyridine rings is 1. The van der Waals surface area contributed by atoms with Crippen molar-refractivity contribution in [3.63, 3.8) is 0 Å². The summed E-state index contributed by atoms with van der Waals surface area (Å²) >= 11 is 0. The van der Waals surface area contributed by atoms with Crippen molar-refractivity contribution in [3.8, 4) is 0 Å². The van der Waals surface area contributed by atoms with Gasteiger partial charge in [0.15, 0.2) is 16.3 Å². The summed E-state index contributed by atoms with van der Waals surface area (Å²) in [5.41, 5.74) is -4.53. The molecule has 0 aliphatic carbocycles. The molecule has 0 spiro atoms. The van der Waals surface area contributed by atoms with E-state index in [1.165, 1.54) is 6.07 Å². The van der Waals surface area contributed by atoms with Crippen LogP contribution in [-0.4, -0.2) is 23.4 Å². The third-order valence-electron chi connectivity index (χ3n) is 2.47. The van der Waals surface area contributed by atoms with E-state index in [2.05, 4.69) is 0 Å². The van der Waals surface area contributed by atoms with Crippen LogP contribution in [0.5, 0.6) is 0 Å². The van der Waals surface area contributed by atoms with Crippen molar-refractivity contribution in [1.82, 2.24) is 0 Å². The Balaban J connectivity index is 0.000000261. The van der Waals surface area contributed by atoms with Gasteiger partial charge in [-0.2, -0.15) is 13.2 Å². The molecule has 1 aromatic carbocycles. The van der Waals surface area contributed by atoms with Gasteiger partial charge >= 0.3 is 5.51 Å². The molecule has 0 unspecified atom stereocenters. The van der Waals surface area contributed by atoms with E-state index in [9.17, 15) is 23.3 Å². The van der Waals surface area contributed by atoms with Crippen LogP contribution < -0.4 is 4.57 Å². The maximum atomic E-state index is 10.7. The van der Waals surface area contributed by atoms with Gasteiger partial charge in [-0.05, 0) is 6.07 Å². The number of halogens is 3. The molecule has 0 bridgehead atoms. The number of hydrogen-bond acceptors (Lipinski definition) is 5. The zero-order valence-corrected chi connectivity index (χ0v) is 11.8. The van der Waals surface area contributed by atoms with Crippen molar-refractivity contribution in [2.75, 3.05) is 0 Å². The van der Waals surface area contributed by atoms with Crippen molar-refractivity contribution in [2.24, 2.45) is 7.05 Å². The van der Waals surface area contributed by atoms with Gasteiger partial charge in [-0.25, -0.2) is 13.0 Å². The Morgan fingerprint density at radius 2 is 1.77 bits per heavy atom. The number of benzene rings is 1. The van der Waals surface area contributed by atoms with Gasteiger partial charge in [0.05, 0.1) is 10.3 Å². The third-order valence-corrected chi connectivity index (χ3v) is 3.04. The first-order valence-electron chi connectivity index (χ1n) is 5.48. The number of fused-ring (bicyclic) bond motifs is 1. The minimum atomic E-state index is -6.09. The normalized spacial score (nSPS) is 11.7. The maximum Gasteiger partial charge on any atom is 0.485 e. The third kappa shape index (κ3) is 4.36. The number of nitro benzene ring substituents is 1. The second-order valence-corrected chi connectivity index (χ2v) is 5.39. The molecule has 2 aromatic rings. The molecule has 0 aliphatic rings. The van der Waals surface area contributed by atoms with Crippen molar-refractivity contribution >= 4 is 26.7 Å². The Hall–Kier alpha value is -2.27. The number of alkyl halides is 3. The molecule has 1 aromatic heterocycles. The molecule has 0 aliphatic heterocycles. The standard InChI is InChI=1S/C10H9N2O2.CHF3O3S/c1-11-6-2-3-8-7-9(12(13)14)4-5-10(8)11;2-1(3,4)8(5,6)7/h2-7H,1H3;(H,5,6,7)/q+1;/p-1. The smallest absolute Gasteiger partial charge is 0.485 e. The Kier molecular flexibility index (Phi) is 5.04. The maximum absolute atomic E-state index is 10.7. The second kappa shape index (κ2) is 6.23. The molecule has 0 saturated carbocycles. The Bertz CT molecular complexity index is 805. The molecule has 0 saturated heterocycles. The molecule has 0 amide bonds. The number of hydrogen-bond donors (Lipinski definition) is 0. The molecule has 2 rings (SSSR count). The average Bonchev–Trinajstić information content (AvgIpc) is 2.37. The lowest BCUT2D eigenvalue weighted by Crippen LogP contribution is -2.27. The average molecular weight is 338 g/mol. The number of non-ortho nitro benzene ring substituents is 1. The fourth-order valence-corrected chi connectivity index (χ4v) is 1.47. The van der Waals surface area contributed by atoms with Crippen LogP contribution in [0, 0.1) is 10.1 Å². The molecule has 0 radical (unpaired) electrons. The lowest BCUT2D eigenvalue weighted by Gasteiger charge is -2.08. The van der Waals surface area contributed by atoms with Gasteiger partial charge in [0.25, 0.3) is 5.69 Å². The number of aryl methyl sites for hydroxylation is 1. The molecular formula is C11H9F3N2O5S. The van der Waals surface area contributed by atoms with Gasteiger partial charge in [0.2, 0.25) is 5.52 Å². The monoisotopic (exact) mass is 338 g/mol. The van der Waals surface area contributed by atoms with E-state index in [1.54, 1.807) is 12.1 Å². The summed E-state index contributed by atoms with van der Waals surface area (Å²) in [4.78, 5) is 10.1. The Morgan fingerprint density at radius 3 is 2.23 bits per heavy atom. The van der Waals surface area contributed by atoms with Gasteiger partial charge in [-0.1, -0.05) is 0 Å². The van der Waals surface area contributed by atoms with Gasteiger partial charge in [0, 0.05) is 24.3 Å². The van der Waals surface area contributed by atoms with E-state index in [0.29, 0.717) is 0 Å². The molecule has 1 heterocycles. The molecule has 7 nitrogen and oxygen atoms in total. The summed E-state index contributed by atoms with van der Waals surface area (Å²) in [5, 5.41) is 11.4. The molecule has 0 fully saturated rings. The van der Waals surface area contributed by atoms with Crippen molar-refractivity contribution in [1.29, 1.82) is 0 Å². The van der Waals surface area contributed by atoms with E-state index in [1.807, 2.05) is 29.9 Å². The van der Waals surface area contributed by atoms with Gasteiger partial charge < -0.3 is 4.55 Å². The van der Waals surface area contributed by atoms with E-state index >= 15 is 0 Å². The molecule has 120 valence electrons. The largest absolute Gasteiger partial charge is 0.741 e. The minimum Gasteiger partial charge on any atom is -0.741 e. The zero-order chi connectivity index (χ0) is 17.1. The first kappa shape index (κ1) is 17.8. The summed E-state index contributed by atoms with van der Waals surface area (Å²) in [5.74, 6) is 0. The molecule has 22 heavy (non-hydrogen) atoms. The van der Waals surface area contributed by atoms with E-state index in [4.69, 9.17) is 13.0 Å². The van der Waals surface area contributed by atoms with Crippen LogP contribution in [-0.2, 0) is 17.2 Å². The van der Waals surface area contributed by atoms with Gasteiger partial charge in [-0.15, -0.1) is 0 Å². The van der Waals surface area contributed by atoms with E-state index in [0.717, 1.165) is 10.9 Å². The molecule has 0 N–H and O–H groups in total. The predicted molar refractivity (Wildman–Crippen MR) is 67.5 cm³/mol. The van der Waals surface area contributed by atoms with Crippen molar-refractivity contribution in [3.05, 3.63) is 46.6 Å². The van der Waals surface area contributed by atoms with Crippen LogP contribution in [0.25, 0.3) is 10.9 Å². The lowest BCUT2D eigenvalue weighted by molar-refractivity contribution is -0.644. The number of rotatable bonds is 1. The highest BCUT2D eigenvalue weighted by Gasteiger charge is 2.36. The number of nitro groups is 1. The fourth-order valence-electron chi connectivity index (χ4n) is 1.47. The SMILES string of the molecule is C[n+]1cccc2cc([N+](=O)[O-])ccc21.O=S(=O)([O-])C(F)(F)F. The van der Waals surface area contributed by atoms with Gasteiger partial charge in [0.1, 0.15) is 7.05 Å². The first-order valence-corrected chi connectivity index (χ1v) is 6.89. The summed E-state index contributed by atoms with van der Waals surface area (Å²) in [6.07, 6.45) is 1.91. The quantitative estimate of drug-likeness (QED) is 0.258. The summed E-state index contributed by atoms with van der Waals surface area (Å²) in [6, 6.07) is 8.58. The van der Waals surface area contributed by atoms with Crippen molar-refractivity contribution < 1.29 is 35.6 Å².